The third-order valence-corrected chi connectivity index (χ3v) is 5.39. The molecular weight excluding hydrogens is 360 g/mol. The summed E-state index contributed by atoms with van der Waals surface area (Å²) in [4.78, 5) is 17.5. The number of carbonyl (C=O) groups is 1. The van der Waals surface area contributed by atoms with Gasteiger partial charge in [0.15, 0.2) is 5.71 Å². The molecule has 1 aromatic rings. The van der Waals surface area contributed by atoms with Gasteiger partial charge in [-0.25, -0.2) is 9.80 Å². The zero-order chi connectivity index (χ0) is 19.3. The van der Waals surface area contributed by atoms with Gasteiger partial charge >= 0.3 is 5.97 Å². The molecule has 0 aliphatic carbocycles. The van der Waals surface area contributed by atoms with Crippen LogP contribution in [0.2, 0.25) is 0 Å². The molecule has 0 spiro atoms. The highest BCUT2D eigenvalue weighted by Gasteiger charge is 2.48. The molecular formula is C20H28N4O4. The lowest BCUT2D eigenvalue weighted by molar-refractivity contribution is -0.135. The van der Waals surface area contributed by atoms with Crippen molar-refractivity contribution in [1.29, 1.82) is 0 Å². The Kier molecular flexibility index (Phi) is 6.21. The highest BCUT2D eigenvalue weighted by molar-refractivity contribution is 6.39. The maximum absolute atomic E-state index is 12.8. The van der Waals surface area contributed by atoms with Gasteiger partial charge in [-0.15, -0.1) is 0 Å². The summed E-state index contributed by atoms with van der Waals surface area (Å²) in [7, 11) is 0. The largest absolute Gasteiger partial charge is 0.461 e. The van der Waals surface area contributed by atoms with E-state index in [0.717, 1.165) is 31.9 Å². The number of carbonyl (C=O) groups excluding carboxylic acids is 1. The molecule has 2 unspecified atom stereocenters. The number of hydrogen-bond donors (Lipinski definition) is 0. The minimum Gasteiger partial charge on any atom is -0.461 e. The summed E-state index contributed by atoms with van der Waals surface area (Å²) in [5.41, 5.74) is 1.45. The second-order valence-electron chi connectivity index (χ2n) is 7.04. The Morgan fingerprint density at radius 2 is 1.64 bits per heavy atom. The lowest BCUT2D eigenvalue weighted by atomic mass is 10.0. The third kappa shape index (κ3) is 3.91. The molecule has 0 N–H and O–H groups in total. The van der Waals surface area contributed by atoms with Crippen molar-refractivity contribution in [2.24, 2.45) is 5.10 Å². The Hall–Kier alpha value is -2.00. The number of ether oxygens (including phenoxy) is 3. The number of para-hydroxylation sites is 1. The molecule has 2 atom stereocenters. The van der Waals surface area contributed by atoms with Gasteiger partial charge in [-0.05, 0) is 19.1 Å². The van der Waals surface area contributed by atoms with Gasteiger partial charge in [0.25, 0.3) is 0 Å². The standard InChI is InChI=1S/C20H28N4O4/c1-2-28-20(25)17-18(22-8-12-26-13-9-22)19(23-10-14-27-15-11-23)24(21-17)16-6-4-3-5-7-16/h3-7,18-19H,2,8-15H2,1H3. The van der Waals surface area contributed by atoms with Crippen molar-refractivity contribution in [2.75, 3.05) is 64.2 Å². The first kappa shape index (κ1) is 19.3. The van der Waals surface area contributed by atoms with E-state index in [-0.39, 0.29) is 18.2 Å². The molecule has 8 heteroatoms. The first-order chi connectivity index (χ1) is 13.8. The fourth-order valence-electron chi connectivity index (χ4n) is 4.08. The maximum Gasteiger partial charge on any atom is 0.356 e. The third-order valence-electron chi connectivity index (χ3n) is 5.39. The summed E-state index contributed by atoms with van der Waals surface area (Å²) in [6.07, 6.45) is -0.0798. The summed E-state index contributed by atoms with van der Waals surface area (Å²) in [6, 6.07) is 9.86. The van der Waals surface area contributed by atoms with E-state index in [1.165, 1.54) is 0 Å². The van der Waals surface area contributed by atoms with Crippen LogP contribution in [-0.2, 0) is 19.0 Å². The highest BCUT2D eigenvalue weighted by Crippen LogP contribution is 2.31. The van der Waals surface area contributed by atoms with Gasteiger partial charge in [0.1, 0.15) is 6.17 Å². The van der Waals surface area contributed by atoms with Gasteiger partial charge in [0, 0.05) is 26.2 Å². The van der Waals surface area contributed by atoms with Crippen molar-refractivity contribution < 1.29 is 19.0 Å². The van der Waals surface area contributed by atoms with Crippen molar-refractivity contribution in [3.8, 4) is 0 Å². The van der Waals surface area contributed by atoms with Crippen molar-refractivity contribution >= 4 is 17.4 Å². The Bertz CT molecular complexity index is 687. The first-order valence-corrected chi connectivity index (χ1v) is 10.0. The number of nitrogens with zero attached hydrogens (tertiary/aromatic N) is 4. The number of morpholine rings is 2. The molecule has 8 nitrogen and oxygen atoms in total. The summed E-state index contributed by atoms with van der Waals surface area (Å²) in [6.45, 7) is 8.00. The number of hydrazone groups is 1. The molecule has 0 radical (unpaired) electrons. The van der Waals surface area contributed by atoms with E-state index in [1.807, 2.05) is 42.3 Å². The van der Waals surface area contributed by atoms with Gasteiger partial charge < -0.3 is 14.2 Å². The second kappa shape index (κ2) is 9.00. The molecule has 28 heavy (non-hydrogen) atoms. The molecule has 0 bridgehead atoms. The average Bonchev–Trinajstić information content (AvgIpc) is 3.16. The molecule has 152 valence electrons. The van der Waals surface area contributed by atoms with Crippen LogP contribution >= 0.6 is 0 Å². The molecule has 0 saturated carbocycles. The van der Waals surface area contributed by atoms with Crippen LogP contribution in [0, 0.1) is 0 Å². The van der Waals surface area contributed by atoms with Crippen LogP contribution in [0.3, 0.4) is 0 Å². The van der Waals surface area contributed by atoms with E-state index in [4.69, 9.17) is 19.3 Å². The SMILES string of the molecule is CCOC(=O)C1=NN(c2ccccc2)C(N2CCOCC2)C1N1CCOCC1. The molecule has 0 amide bonds. The summed E-state index contributed by atoms with van der Waals surface area (Å²) in [5, 5.41) is 6.78. The molecule has 3 heterocycles. The molecule has 0 aromatic heterocycles. The van der Waals surface area contributed by atoms with E-state index in [2.05, 4.69) is 9.80 Å². The molecule has 3 aliphatic heterocycles. The normalized spacial score (nSPS) is 26.9. The van der Waals surface area contributed by atoms with Crippen LogP contribution in [0.25, 0.3) is 0 Å². The highest BCUT2D eigenvalue weighted by atomic mass is 16.5. The number of anilines is 1. The summed E-state index contributed by atoms with van der Waals surface area (Å²) >= 11 is 0. The second-order valence-corrected chi connectivity index (χ2v) is 7.04. The Labute approximate surface area is 165 Å². The number of benzene rings is 1. The Morgan fingerprint density at radius 1 is 1.04 bits per heavy atom. The predicted molar refractivity (Wildman–Crippen MR) is 105 cm³/mol. The minimum atomic E-state index is -0.337. The monoisotopic (exact) mass is 388 g/mol. The van der Waals surface area contributed by atoms with Crippen LogP contribution in [0.15, 0.2) is 35.4 Å². The summed E-state index contributed by atoms with van der Waals surface area (Å²) in [5.74, 6) is -0.337. The molecule has 3 aliphatic rings. The van der Waals surface area contributed by atoms with Crippen LogP contribution in [0.1, 0.15) is 6.92 Å². The van der Waals surface area contributed by atoms with Crippen LogP contribution in [-0.4, -0.2) is 92.9 Å². The Morgan fingerprint density at radius 3 is 2.25 bits per heavy atom. The van der Waals surface area contributed by atoms with Crippen LogP contribution in [0.5, 0.6) is 0 Å². The van der Waals surface area contributed by atoms with Crippen molar-refractivity contribution in [3.05, 3.63) is 30.3 Å². The fourth-order valence-corrected chi connectivity index (χ4v) is 4.08. The first-order valence-electron chi connectivity index (χ1n) is 10.0. The maximum atomic E-state index is 12.8. The topological polar surface area (TPSA) is 66.8 Å². The molecule has 1 aromatic carbocycles. The number of esters is 1. The van der Waals surface area contributed by atoms with Gasteiger partial charge in [-0.1, -0.05) is 18.2 Å². The number of hydrogen-bond acceptors (Lipinski definition) is 8. The van der Waals surface area contributed by atoms with Gasteiger partial charge in [0.05, 0.1) is 44.8 Å². The lowest BCUT2D eigenvalue weighted by Gasteiger charge is -2.43. The van der Waals surface area contributed by atoms with Gasteiger partial charge in [-0.3, -0.25) is 9.80 Å². The van der Waals surface area contributed by atoms with Crippen molar-refractivity contribution in [2.45, 2.75) is 19.1 Å². The van der Waals surface area contributed by atoms with Crippen molar-refractivity contribution in [3.63, 3.8) is 0 Å². The average molecular weight is 388 g/mol. The van der Waals surface area contributed by atoms with Gasteiger partial charge in [0.2, 0.25) is 0 Å². The lowest BCUT2D eigenvalue weighted by Crippen LogP contribution is -2.62. The smallest absolute Gasteiger partial charge is 0.356 e. The van der Waals surface area contributed by atoms with E-state index < -0.39 is 0 Å². The quantitative estimate of drug-likeness (QED) is 0.691. The van der Waals surface area contributed by atoms with Crippen LogP contribution < -0.4 is 5.01 Å². The van der Waals surface area contributed by atoms with Crippen molar-refractivity contribution in [1.82, 2.24) is 9.80 Å². The van der Waals surface area contributed by atoms with E-state index in [0.29, 0.717) is 38.7 Å². The molecule has 2 fully saturated rings. The van der Waals surface area contributed by atoms with Gasteiger partial charge in [-0.2, -0.15) is 5.10 Å². The fraction of sp³-hybridized carbons (Fsp3) is 0.600. The minimum absolute atomic E-state index is 0.0798. The number of rotatable bonds is 5. The van der Waals surface area contributed by atoms with Crippen LogP contribution in [0.4, 0.5) is 5.69 Å². The summed E-state index contributed by atoms with van der Waals surface area (Å²) < 4.78 is 16.5. The van der Waals surface area contributed by atoms with E-state index in [1.54, 1.807) is 0 Å². The zero-order valence-corrected chi connectivity index (χ0v) is 16.3. The predicted octanol–water partition coefficient (Wildman–Crippen LogP) is 0.785. The Balaban J connectivity index is 1.72. The molecule has 2 saturated heterocycles. The van der Waals surface area contributed by atoms with E-state index in [9.17, 15) is 4.79 Å². The zero-order valence-electron chi connectivity index (χ0n) is 16.3. The van der Waals surface area contributed by atoms with E-state index >= 15 is 0 Å². The molecule has 4 rings (SSSR count).